The topological polar surface area (TPSA) is 61.7 Å². The summed E-state index contributed by atoms with van der Waals surface area (Å²) in [6.45, 7) is 7.57. The first-order valence-electron chi connectivity index (χ1n) is 9.12. The zero-order valence-electron chi connectivity index (χ0n) is 16.0. The van der Waals surface area contributed by atoms with Crippen molar-refractivity contribution in [1.29, 1.82) is 0 Å². The van der Waals surface area contributed by atoms with E-state index in [2.05, 4.69) is 26.1 Å². The van der Waals surface area contributed by atoms with E-state index in [1.165, 1.54) is 0 Å². The lowest BCUT2D eigenvalue weighted by Crippen LogP contribution is -2.44. The Morgan fingerprint density at radius 1 is 1.19 bits per heavy atom. The van der Waals surface area contributed by atoms with E-state index in [0.29, 0.717) is 12.3 Å². The molecule has 2 unspecified atom stereocenters. The minimum Gasteiger partial charge on any atom is -0.496 e. The molecular weight excluding hydrogens is 326 g/mol. The van der Waals surface area contributed by atoms with Crippen molar-refractivity contribution in [2.45, 2.75) is 50.9 Å². The van der Waals surface area contributed by atoms with Crippen molar-refractivity contribution in [2.24, 2.45) is 0 Å². The van der Waals surface area contributed by atoms with Crippen LogP contribution < -0.4 is 10.1 Å². The first-order chi connectivity index (χ1) is 12.2. The molecule has 0 aromatic heterocycles. The molecule has 2 atom stereocenters. The fourth-order valence-corrected chi connectivity index (χ4v) is 3.70. The molecule has 0 amide bonds. The van der Waals surface area contributed by atoms with Gasteiger partial charge in [-0.1, -0.05) is 51.1 Å². The van der Waals surface area contributed by atoms with Gasteiger partial charge in [-0.15, -0.1) is 0 Å². The number of rotatable bonds is 4. The SMILES string of the molecule is COc1ccc(C(C)(C)C)cc1C(O)CC1(O)CNCc2ccccc21. The summed E-state index contributed by atoms with van der Waals surface area (Å²) in [5.41, 5.74) is 2.67. The highest BCUT2D eigenvalue weighted by Gasteiger charge is 2.37. The van der Waals surface area contributed by atoms with E-state index < -0.39 is 11.7 Å². The molecule has 140 valence electrons. The fraction of sp³-hybridized carbons (Fsp3) is 0.455. The van der Waals surface area contributed by atoms with Crippen LogP contribution in [0.15, 0.2) is 42.5 Å². The standard InChI is InChI=1S/C22H29NO3/c1-21(2,3)16-9-10-20(26-4)17(11-16)19(24)12-22(25)14-23-13-15-7-5-6-8-18(15)22/h5-11,19,23-25H,12-14H2,1-4H3. The van der Waals surface area contributed by atoms with Crippen LogP contribution in [0.4, 0.5) is 0 Å². The van der Waals surface area contributed by atoms with Crippen LogP contribution in [-0.4, -0.2) is 23.9 Å². The molecule has 0 fully saturated rings. The van der Waals surface area contributed by atoms with Gasteiger partial charge in [0.15, 0.2) is 0 Å². The predicted molar refractivity (Wildman–Crippen MR) is 103 cm³/mol. The van der Waals surface area contributed by atoms with E-state index in [9.17, 15) is 10.2 Å². The number of methoxy groups -OCH3 is 1. The lowest BCUT2D eigenvalue weighted by Gasteiger charge is -2.37. The predicted octanol–water partition coefficient (Wildman–Crippen LogP) is 3.41. The second kappa shape index (κ2) is 7.03. The second-order valence-corrected chi connectivity index (χ2v) is 8.22. The van der Waals surface area contributed by atoms with Gasteiger partial charge in [0.25, 0.3) is 0 Å². The van der Waals surface area contributed by atoms with Gasteiger partial charge in [0, 0.05) is 25.1 Å². The van der Waals surface area contributed by atoms with E-state index in [1.807, 2.05) is 42.5 Å². The molecule has 3 N–H and O–H groups in total. The van der Waals surface area contributed by atoms with Gasteiger partial charge in [-0.25, -0.2) is 0 Å². The zero-order valence-corrected chi connectivity index (χ0v) is 16.0. The molecule has 1 heterocycles. The lowest BCUT2D eigenvalue weighted by molar-refractivity contribution is -0.0214. The summed E-state index contributed by atoms with van der Waals surface area (Å²) in [5, 5.41) is 25.5. The molecule has 0 saturated heterocycles. The minimum atomic E-state index is -1.11. The highest BCUT2D eigenvalue weighted by atomic mass is 16.5. The molecular formula is C22H29NO3. The number of benzene rings is 2. The van der Waals surface area contributed by atoms with Crippen molar-refractivity contribution < 1.29 is 14.9 Å². The molecule has 0 aliphatic carbocycles. The molecule has 1 aliphatic heterocycles. The Hall–Kier alpha value is -1.88. The first kappa shape index (κ1) is 18.9. The highest BCUT2D eigenvalue weighted by molar-refractivity contribution is 5.42. The van der Waals surface area contributed by atoms with Crippen LogP contribution in [0.25, 0.3) is 0 Å². The average Bonchev–Trinajstić information content (AvgIpc) is 2.60. The molecule has 0 spiro atoms. The van der Waals surface area contributed by atoms with Crippen LogP contribution in [0.1, 0.15) is 55.5 Å². The van der Waals surface area contributed by atoms with E-state index in [4.69, 9.17) is 4.74 Å². The number of nitrogens with one attached hydrogen (secondary N) is 1. The number of aliphatic hydroxyl groups is 2. The maximum Gasteiger partial charge on any atom is 0.124 e. The summed E-state index contributed by atoms with van der Waals surface area (Å²) >= 11 is 0. The Kier molecular flexibility index (Phi) is 5.11. The molecule has 4 heteroatoms. The number of β-amino-alcohol motifs (C(OH)–C–C–N with tert-alkyl or cyclic N) is 1. The molecule has 2 aromatic carbocycles. The van der Waals surface area contributed by atoms with Crippen LogP contribution in [0.5, 0.6) is 5.75 Å². The minimum absolute atomic E-state index is 0.0311. The van der Waals surface area contributed by atoms with Gasteiger partial charge < -0.3 is 20.3 Å². The van der Waals surface area contributed by atoms with Gasteiger partial charge in [-0.05, 0) is 34.2 Å². The van der Waals surface area contributed by atoms with Gasteiger partial charge in [-0.2, -0.15) is 0 Å². The van der Waals surface area contributed by atoms with Gasteiger partial charge in [-0.3, -0.25) is 0 Å². The number of ether oxygens (including phenoxy) is 1. The highest BCUT2D eigenvalue weighted by Crippen LogP contribution is 2.39. The van der Waals surface area contributed by atoms with E-state index in [0.717, 1.165) is 28.8 Å². The molecule has 4 nitrogen and oxygen atoms in total. The van der Waals surface area contributed by atoms with Gasteiger partial charge in [0.05, 0.1) is 13.2 Å². The Balaban J connectivity index is 1.94. The van der Waals surface area contributed by atoms with Crippen LogP contribution in [0.3, 0.4) is 0 Å². The molecule has 0 radical (unpaired) electrons. The molecule has 0 bridgehead atoms. The maximum absolute atomic E-state index is 11.3. The zero-order chi connectivity index (χ0) is 18.9. The molecule has 1 aliphatic rings. The maximum atomic E-state index is 11.3. The monoisotopic (exact) mass is 355 g/mol. The number of hydrogen-bond donors (Lipinski definition) is 3. The van der Waals surface area contributed by atoms with E-state index in [1.54, 1.807) is 7.11 Å². The average molecular weight is 355 g/mol. The van der Waals surface area contributed by atoms with Gasteiger partial charge in [0.2, 0.25) is 0 Å². The Morgan fingerprint density at radius 2 is 1.92 bits per heavy atom. The summed E-state index contributed by atoms with van der Waals surface area (Å²) in [4.78, 5) is 0. The van der Waals surface area contributed by atoms with Crippen LogP contribution in [0.2, 0.25) is 0 Å². The van der Waals surface area contributed by atoms with Crippen LogP contribution in [0, 0.1) is 0 Å². The van der Waals surface area contributed by atoms with Crippen molar-refractivity contribution in [2.75, 3.05) is 13.7 Å². The van der Waals surface area contributed by atoms with Crippen molar-refractivity contribution >= 4 is 0 Å². The summed E-state index contributed by atoms with van der Waals surface area (Å²) < 4.78 is 5.47. The fourth-order valence-electron chi connectivity index (χ4n) is 3.70. The smallest absolute Gasteiger partial charge is 0.124 e. The Bertz CT molecular complexity index is 781. The van der Waals surface area contributed by atoms with Gasteiger partial charge in [0.1, 0.15) is 11.4 Å². The molecule has 0 saturated carbocycles. The normalized spacial score (nSPS) is 21.2. The summed E-state index contributed by atoms with van der Waals surface area (Å²) in [6, 6.07) is 13.8. The van der Waals surface area contributed by atoms with E-state index in [-0.39, 0.29) is 11.8 Å². The van der Waals surface area contributed by atoms with Gasteiger partial charge >= 0.3 is 0 Å². The summed E-state index contributed by atoms with van der Waals surface area (Å²) in [5.74, 6) is 0.645. The quantitative estimate of drug-likeness (QED) is 0.787. The van der Waals surface area contributed by atoms with Crippen LogP contribution in [-0.2, 0) is 17.6 Å². The molecule has 26 heavy (non-hydrogen) atoms. The third kappa shape index (κ3) is 3.63. The van der Waals surface area contributed by atoms with Crippen LogP contribution >= 0.6 is 0 Å². The van der Waals surface area contributed by atoms with Crippen molar-refractivity contribution in [3.63, 3.8) is 0 Å². The third-order valence-corrected chi connectivity index (χ3v) is 5.24. The molecule has 3 rings (SSSR count). The van der Waals surface area contributed by atoms with E-state index >= 15 is 0 Å². The summed E-state index contributed by atoms with van der Waals surface area (Å²) in [7, 11) is 1.61. The Morgan fingerprint density at radius 3 is 2.62 bits per heavy atom. The number of hydrogen-bond acceptors (Lipinski definition) is 4. The number of aliphatic hydroxyl groups excluding tert-OH is 1. The second-order valence-electron chi connectivity index (χ2n) is 8.22. The van der Waals surface area contributed by atoms with Crippen molar-refractivity contribution in [1.82, 2.24) is 5.32 Å². The number of fused-ring (bicyclic) bond motifs is 1. The lowest BCUT2D eigenvalue weighted by atomic mass is 9.80. The first-order valence-corrected chi connectivity index (χ1v) is 9.12. The molecule has 2 aromatic rings. The van der Waals surface area contributed by atoms with Crippen molar-refractivity contribution in [3.8, 4) is 5.75 Å². The third-order valence-electron chi connectivity index (χ3n) is 5.24. The largest absolute Gasteiger partial charge is 0.496 e. The van der Waals surface area contributed by atoms with Crippen molar-refractivity contribution in [3.05, 3.63) is 64.7 Å². The Labute approximate surface area is 155 Å². The summed E-state index contributed by atoms with van der Waals surface area (Å²) in [6.07, 6.45) is -0.619.